The van der Waals surface area contributed by atoms with Crippen LogP contribution in [0.15, 0.2) is 54.6 Å². The first-order chi connectivity index (χ1) is 15.5. The van der Waals surface area contributed by atoms with Gasteiger partial charge in [0, 0.05) is 17.8 Å². The number of nitro groups is 1. The number of carbonyl (C=O) groups excluding carboxylic acids is 2. The molecule has 14 heteroatoms. The van der Waals surface area contributed by atoms with Crippen LogP contribution < -0.4 is 15.4 Å². The third-order valence-electron chi connectivity index (χ3n) is 3.91. The van der Waals surface area contributed by atoms with Crippen molar-refractivity contribution in [1.82, 2.24) is 15.5 Å². The first kappa shape index (κ1) is 23.4. The number of rotatable bonds is 5. The predicted octanol–water partition coefficient (Wildman–Crippen LogP) is 4.81. The Morgan fingerprint density at radius 3 is 2.39 bits per heavy atom. The Kier molecular flexibility index (Phi) is 6.72. The summed E-state index contributed by atoms with van der Waals surface area (Å²) in [7, 11) is 0. The van der Waals surface area contributed by atoms with E-state index in [-0.39, 0.29) is 27.9 Å². The second kappa shape index (κ2) is 9.48. The Morgan fingerprint density at radius 1 is 1.06 bits per heavy atom. The SMILES string of the molecule is O=C(NC(=O)c1ccccc1[N+](=O)[O-])Nc1ccc(Oc2ccc(C(F)(F)F)nn2)c(Cl)c1. The molecule has 10 nitrogen and oxygen atoms in total. The van der Waals surface area contributed by atoms with Crippen molar-refractivity contribution in [1.29, 1.82) is 0 Å². The second-order valence-corrected chi connectivity index (χ2v) is 6.59. The lowest BCUT2D eigenvalue weighted by Crippen LogP contribution is -2.34. The number of nitrogens with zero attached hydrogens (tertiary/aromatic N) is 3. The number of ether oxygens (including phenoxy) is 1. The zero-order chi connectivity index (χ0) is 24.2. The molecule has 0 bridgehead atoms. The maximum atomic E-state index is 12.5. The van der Waals surface area contributed by atoms with Crippen LogP contribution in [0, 0.1) is 10.1 Å². The van der Waals surface area contributed by atoms with E-state index in [9.17, 15) is 32.9 Å². The van der Waals surface area contributed by atoms with Gasteiger partial charge in [0.05, 0.1) is 9.95 Å². The molecule has 3 amide bonds. The van der Waals surface area contributed by atoms with Gasteiger partial charge < -0.3 is 10.1 Å². The third-order valence-corrected chi connectivity index (χ3v) is 4.20. The quantitative estimate of drug-likeness (QED) is 0.394. The van der Waals surface area contributed by atoms with Crippen LogP contribution in [-0.2, 0) is 6.18 Å². The van der Waals surface area contributed by atoms with Gasteiger partial charge in [-0.2, -0.15) is 13.2 Å². The number of hydrogen-bond donors (Lipinski definition) is 2. The van der Waals surface area contributed by atoms with Gasteiger partial charge >= 0.3 is 12.2 Å². The van der Waals surface area contributed by atoms with E-state index in [0.717, 1.165) is 12.1 Å². The Bertz CT molecular complexity index is 1220. The Balaban J connectivity index is 1.65. The highest BCUT2D eigenvalue weighted by molar-refractivity contribution is 6.32. The van der Waals surface area contributed by atoms with Crippen LogP contribution in [-0.4, -0.2) is 27.1 Å². The van der Waals surface area contributed by atoms with E-state index in [1.54, 1.807) is 0 Å². The van der Waals surface area contributed by atoms with E-state index in [1.165, 1.54) is 36.4 Å². The Labute approximate surface area is 187 Å². The molecule has 0 unspecified atom stereocenters. The Hall–Kier alpha value is -4.26. The number of amides is 3. The summed E-state index contributed by atoms with van der Waals surface area (Å²) >= 11 is 6.06. The van der Waals surface area contributed by atoms with Crippen LogP contribution in [0.4, 0.5) is 29.3 Å². The lowest BCUT2D eigenvalue weighted by atomic mass is 10.1. The number of nitrogens with one attached hydrogen (secondary N) is 2. The lowest BCUT2D eigenvalue weighted by molar-refractivity contribution is -0.385. The summed E-state index contributed by atoms with van der Waals surface area (Å²) in [5.41, 5.74) is -1.85. The number of anilines is 1. The van der Waals surface area contributed by atoms with Crippen LogP contribution in [0.1, 0.15) is 16.1 Å². The fourth-order valence-corrected chi connectivity index (χ4v) is 2.68. The van der Waals surface area contributed by atoms with Gasteiger partial charge in [-0.25, -0.2) is 4.79 Å². The number of imide groups is 1. The van der Waals surface area contributed by atoms with Gasteiger partial charge in [-0.3, -0.25) is 20.2 Å². The molecule has 33 heavy (non-hydrogen) atoms. The van der Waals surface area contributed by atoms with Crippen molar-refractivity contribution in [2.45, 2.75) is 6.18 Å². The number of hydrogen-bond acceptors (Lipinski definition) is 7. The highest BCUT2D eigenvalue weighted by atomic mass is 35.5. The summed E-state index contributed by atoms with van der Waals surface area (Å²) in [5.74, 6) is -1.24. The average molecular weight is 482 g/mol. The normalized spacial score (nSPS) is 10.9. The van der Waals surface area contributed by atoms with Crippen molar-refractivity contribution in [2.24, 2.45) is 0 Å². The fourth-order valence-electron chi connectivity index (χ4n) is 2.46. The number of urea groups is 1. The minimum Gasteiger partial charge on any atom is -0.436 e. The molecule has 170 valence electrons. The molecule has 0 saturated heterocycles. The van der Waals surface area contributed by atoms with E-state index in [2.05, 4.69) is 15.5 Å². The molecular weight excluding hydrogens is 471 g/mol. The highest BCUT2D eigenvalue weighted by Crippen LogP contribution is 2.32. The monoisotopic (exact) mass is 481 g/mol. The Morgan fingerprint density at radius 2 is 1.79 bits per heavy atom. The minimum atomic E-state index is -4.65. The van der Waals surface area contributed by atoms with Crippen molar-refractivity contribution in [2.75, 3.05) is 5.32 Å². The molecule has 2 N–H and O–H groups in total. The highest BCUT2D eigenvalue weighted by Gasteiger charge is 2.33. The number of alkyl halides is 3. The van der Waals surface area contributed by atoms with Gasteiger partial charge in [0.2, 0.25) is 5.88 Å². The van der Waals surface area contributed by atoms with Gasteiger partial charge in [0.25, 0.3) is 11.6 Å². The average Bonchev–Trinajstić information content (AvgIpc) is 2.75. The lowest BCUT2D eigenvalue weighted by Gasteiger charge is -2.10. The van der Waals surface area contributed by atoms with Crippen molar-refractivity contribution >= 4 is 34.9 Å². The first-order valence-electron chi connectivity index (χ1n) is 8.78. The fraction of sp³-hybridized carbons (Fsp3) is 0.0526. The largest absolute Gasteiger partial charge is 0.436 e. The maximum absolute atomic E-state index is 12.5. The zero-order valence-electron chi connectivity index (χ0n) is 16.1. The number of aromatic nitrogens is 2. The van der Waals surface area contributed by atoms with E-state index < -0.39 is 34.4 Å². The molecule has 0 saturated carbocycles. The first-order valence-corrected chi connectivity index (χ1v) is 9.16. The van der Waals surface area contributed by atoms with Crippen LogP contribution in [0.2, 0.25) is 5.02 Å². The molecule has 0 fully saturated rings. The summed E-state index contributed by atoms with van der Waals surface area (Å²) in [4.78, 5) is 34.5. The smallest absolute Gasteiger partial charge is 0.435 e. The van der Waals surface area contributed by atoms with Crippen LogP contribution >= 0.6 is 11.6 Å². The third kappa shape index (κ3) is 5.92. The second-order valence-electron chi connectivity index (χ2n) is 6.18. The van der Waals surface area contributed by atoms with Crippen molar-refractivity contribution in [3.63, 3.8) is 0 Å². The molecule has 1 aromatic heterocycles. The van der Waals surface area contributed by atoms with Gasteiger partial charge in [-0.1, -0.05) is 23.7 Å². The number of para-hydroxylation sites is 1. The molecule has 0 aliphatic rings. The van der Waals surface area contributed by atoms with Gasteiger partial charge in [-0.15, -0.1) is 10.2 Å². The summed E-state index contributed by atoms with van der Waals surface area (Å²) in [6.45, 7) is 0. The summed E-state index contributed by atoms with van der Waals surface area (Å²) in [6.07, 6.45) is -4.65. The van der Waals surface area contributed by atoms with Gasteiger partial charge in [0.15, 0.2) is 5.69 Å². The van der Waals surface area contributed by atoms with Crippen LogP contribution in [0.3, 0.4) is 0 Å². The van der Waals surface area contributed by atoms with Crippen molar-refractivity contribution < 1.29 is 32.4 Å². The number of carbonyl (C=O) groups is 2. The van der Waals surface area contributed by atoms with Gasteiger partial charge in [-0.05, 0) is 30.3 Å². The summed E-state index contributed by atoms with van der Waals surface area (Å²) in [6, 6.07) is 9.59. The van der Waals surface area contributed by atoms with E-state index in [4.69, 9.17) is 16.3 Å². The molecular formula is C19H11ClF3N5O5. The molecule has 0 atom stereocenters. The summed E-state index contributed by atoms with van der Waals surface area (Å²) in [5, 5.41) is 21.6. The molecule has 3 aromatic rings. The topological polar surface area (TPSA) is 136 Å². The van der Waals surface area contributed by atoms with Crippen molar-refractivity contribution in [3.05, 3.63) is 81.0 Å². The molecule has 3 rings (SSSR count). The molecule has 0 aliphatic carbocycles. The molecule has 0 aliphatic heterocycles. The number of nitro benzene ring substituents is 1. The minimum absolute atomic E-state index is 0.00710. The van der Waals surface area contributed by atoms with Crippen LogP contribution in [0.5, 0.6) is 11.6 Å². The standard InChI is InChI=1S/C19H11ClF3N5O5/c20-12-9-10(5-6-14(12)33-16-8-7-15(26-27-16)19(21,22)23)24-18(30)25-17(29)11-3-1-2-4-13(11)28(31)32/h1-9H,(H2,24,25,29,30). The van der Waals surface area contributed by atoms with Gasteiger partial charge in [0.1, 0.15) is 11.3 Å². The van der Waals surface area contributed by atoms with Crippen molar-refractivity contribution in [3.8, 4) is 11.6 Å². The van der Waals surface area contributed by atoms with E-state index >= 15 is 0 Å². The molecule has 0 spiro atoms. The molecule has 0 radical (unpaired) electrons. The predicted molar refractivity (Wildman–Crippen MR) is 108 cm³/mol. The number of benzene rings is 2. The zero-order valence-corrected chi connectivity index (χ0v) is 16.8. The number of halogens is 4. The van der Waals surface area contributed by atoms with Crippen LogP contribution in [0.25, 0.3) is 0 Å². The van der Waals surface area contributed by atoms with E-state index in [0.29, 0.717) is 6.07 Å². The maximum Gasteiger partial charge on any atom is 0.435 e. The summed E-state index contributed by atoms with van der Waals surface area (Å²) < 4.78 is 42.9. The molecule has 1 heterocycles. The van der Waals surface area contributed by atoms with E-state index in [1.807, 2.05) is 5.32 Å². The molecule has 2 aromatic carbocycles.